The van der Waals surface area contributed by atoms with Crippen molar-refractivity contribution in [2.24, 2.45) is 0 Å². The number of ketones is 4. The third kappa shape index (κ3) is 4.96. The highest BCUT2D eigenvalue weighted by molar-refractivity contribution is 6.27. The first kappa shape index (κ1) is 28.7. The maximum Gasteiger partial charge on any atom is 0.417 e. The van der Waals surface area contributed by atoms with Gasteiger partial charge in [0.15, 0.2) is 23.1 Å². The molecule has 2 aromatic carbocycles. The van der Waals surface area contributed by atoms with Gasteiger partial charge in [-0.15, -0.1) is 0 Å². The summed E-state index contributed by atoms with van der Waals surface area (Å²) in [4.78, 5) is 53.0. The number of nitrogens with one attached hydrogen (secondary N) is 1. The molecule has 44 heavy (non-hydrogen) atoms. The molecular weight excluding hydrogens is 573 g/mol. The number of aromatic nitrogens is 2. The van der Waals surface area contributed by atoms with Crippen molar-refractivity contribution in [1.82, 2.24) is 15.6 Å². The first-order valence-corrected chi connectivity index (χ1v) is 13.6. The van der Waals surface area contributed by atoms with Gasteiger partial charge in [0, 0.05) is 75.5 Å². The summed E-state index contributed by atoms with van der Waals surface area (Å²) >= 11 is 0. The van der Waals surface area contributed by atoms with Gasteiger partial charge in [-0.25, -0.2) is 0 Å². The number of allylic oxidation sites excluding steroid dienone is 6. The Bertz CT molecular complexity index is 1920. The number of carbonyl (C=O) groups excluding carboxylic acids is 4. The lowest BCUT2D eigenvalue weighted by Gasteiger charge is -2.31. The van der Waals surface area contributed by atoms with Gasteiger partial charge in [0.25, 0.3) is 0 Å². The molecule has 1 N–H and O–H groups in total. The van der Waals surface area contributed by atoms with Crippen molar-refractivity contribution in [2.75, 3.05) is 5.01 Å². The molecule has 1 aliphatic heterocycles. The van der Waals surface area contributed by atoms with Gasteiger partial charge in [-0.2, -0.15) is 23.4 Å². The molecular formula is C33H23F3N4O4. The molecule has 6 rings (SSSR count). The van der Waals surface area contributed by atoms with Crippen LogP contribution in [0.2, 0.25) is 0 Å². The predicted octanol–water partition coefficient (Wildman–Crippen LogP) is 5.86. The Hall–Kier alpha value is -5.45. The molecule has 0 amide bonds. The first-order valence-electron chi connectivity index (χ1n) is 13.6. The van der Waals surface area contributed by atoms with E-state index in [1.54, 1.807) is 31.2 Å². The maximum absolute atomic E-state index is 14.1. The standard InChI is InChI=1S/C33H23F3N4O4/c1-17-26(13-20-6-5-11-37-38-20)32(44)28-15-22(9-10-25(28)30(17)42)40-16-19(33(34,35)36)12-21(39-40)14-27-18(2)29(41)23-7-3-4-8-24(23)31(27)43/h3-12,15-16,39H,13-14H2,1-2H3. The summed E-state index contributed by atoms with van der Waals surface area (Å²) in [5.74, 6) is -1.62. The minimum absolute atomic E-state index is 0.00825. The van der Waals surface area contributed by atoms with Crippen molar-refractivity contribution in [3.05, 3.63) is 135 Å². The molecule has 3 aliphatic rings. The second kappa shape index (κ2) is 10.7. The van der Waals surface area contributed by atoms with Crippen LogP contribution in [0.3, 0.4) is 0 Å². The average molecular weight is 597 g/mol. The van der Waals surface area contributed by atoms with E-state index in [0.717, 1.165) is 17.3 Å². The van der Waals surface area contributed by atoms with Crippen LogP contribution in [0, 0.1) is 0 Å². The number of carbonyl (C=O) groups is 4. The van der Waals surface area contributed by atoms with Gasteiger partial charge in [-0.05, 0) is 50.3 Å². The fraction of sp³-hybridized carbons (Fsp3) is 0.152. The van der Waals surface area contributed by atoms with E-state index in [1.165, 1.54) is 43.5 Å². The topological polar surface area (TPSA) is 109 Å². The number of nitrogens with zero attached hydrogens (tertiary/aromatic N) is 3. The monoisotopic (exact) mass is 596 g/mol. The van der Waals surface area contributed by atoms with Crippen molar-refractivity contribution in [3.8, 4) is 0 Å². The highest BCUT2D eigenvalue weighted by Gasteiger charge is 2.37. The van der Waals surface area contributed by atoms with Gasteiger partial charge >= 0.3 is 6.18 Å². The van der Waals surface area contributed by atoms with Gasteiger partial charge in [0.05, 0.1) is 17.0 Å². The summed E-state index contributed by atoms with van der Waals surface area (Å²) in [5, 5.41) is 8.89. The van der Waals surface area contributed by atoms with Crippen LogP contribution in [-0.4, -0.2) is 39.5 Å². The van der Waals surface area contributed by atoms with Crippen LogP contribution in [0.1, 0.15) is 67.4 Å². The second-order valence-corrected chi connectivity index (χ2v) is 10.6. The fourth-order valence-corrected chi connectivity index (χ4v) is 5.48. The van der Waals surface area contributed by atoms with Crippen LogP contribution in [0.5, 0.6) is 0 Å². The maximum atomic E-state index is 14.1. The number of hydrogen-bond acceptors (Lipinski definition) is 8. The summed E-state index contributed by atoms with van der Waals surface area (Å²) in [6.07, 6.45) is -1.78. The molecule has 2 aliphatic carbocycles. The molecule has 0 saturated carbocycles. The SMILES string of the molecule is CC1=C(CC2=CC(C(F)(F)F)=CN(c3ccc4c(c3)C(=O)C(Cc3cccnn3)=C(C)C4=O)N2)C(=O)c2ccccc2C1=O. The Balaban J connectivity index is 1.34. The molecule has 8 nitrogen and oxygen atoms in total. The van der Waals surface area contributed by atoms with Crippen molar-refractivity contribution in [1.29, 1.82) is 0 Å². The lowest BCUT2D eigenvalue weighted by Crippen LogP contribution is -2.38. The van der Waals surface area contributed by atoms with Crippen molar-refractivity contribution >= 4 is 28.8 Å². The summed E-state index contributed by atoms with van der Waals surface area (Å²) in [6, 6.07) is 13.8. The Morgan fingerprint density at radius 2 is 1.36 bits per heavy atom. The van der Waals surface area contributed by atoms with E-state index in [-0.39, 0.29) is 80.3 Å². The molecule has 11 heteroatoms. The molecule has 1 aromatic heterocycles. The van der Waals surface area contributed by atoms with E-state index in [1.807, 2.05) is 0 Å². The van der Waals surface area contributed by atoms with Gasteiger partial charge in [-0.3, -0.25) is 29.6 Å². The van der Waals surface area contributed by atoms with E-state index in [2.05, 4.69) is 15.6 Å². The van der Waals surface area contributed by atoms with Crippen LogP contribution >= 0.6 is 0 Å². The molecule has 0 unspecified atom stereocenters. The highest BCUT2D eigenvalue weighted by Crippen LogP contribution is 2.36. The quantitative estimate of drug-likeness (QED) is 0.391. The highest BCUT2D eigenvalue weighted by atomic mass is 19.4. The molecule has 220 valence electrons. The summed E-state index contributed by atoms with van der Waals surface area (Å²) in [5.41, 5.74) is 3.85. The zero-order valence-electron chi connectivity index (χ0n) is 23.5. The number of rotatable bonds is 5. The zero-order valence-corrected chi connectivity index (χ0v) is 23.5. The molecule has 0 radical (unpaired) electrons. The minimum atomic E-state index is -4.75. The number of benzene rings is 2. The van der Waals surface area contributed by atoms with E-state index < -0.39 is 23.3 Å². The van der Waals surface area contributed by atoms with Gasteiger partial charge in [-0.1, -0.05) is 24.3 Å². The van der Waals surface area contributed by atoms with E-state index >= 15 is 0 Å². The number of anilines is 1. The number of alkyl halides is 3. The van der Waals surface area contributed by atoms with Crippen LogP contribution in [-0.2, 0) is 6.42 Å². The number of hydrogen-bond donors (Lipinski definition) is 1. The Labute approximate surface area is 249 Å². The Morgan fingerprint density at radius 1 is 0.750 bits per heavy atom. The lowest BCUT2D eigenvalue weighted by atomic mass is 9.82. The predicted molar refractivity (Wildman–Crippen MR) is 154 cm³/mol. The molecule has 0 spiro atoms. The van der Waals surface area contributed by atoms with Crippen molar-refractivity contribution in [3.63, 3.8) is 0 Å². The number of halogens is 3. The largest absolute Gasteiger partial charge is 0.417 e. The van der Waals surface area contributed by atoms with Crippen LogP contribution in [0.25, 0.3) is 0 Å². The second-order valence-electron chi connectivity index (χ2n) is 10.6. The normalized spacial score (nSPS) is 16.9. The molecule has 0 atom stereocenters. The van der Waals surface area contributed by atoms with Crippen molar-refractivity contribution < 1.29 is 32.3 Å². The van der Waals surface area contributed by atoms with Gasteiger partial charge in [0.1, 0.15) is 0 Å². The van der Waals surface area contributed by atoms with Crippen molar-refractivity contribution in [2.45, 2.75) is 32.9 Å². The van der Waals surface area contributed by atoms with E-state index in [9.17, 15) is 32.3 Å². The zero-order chi connectivity index (χ0) is 31.3. The fourth-order valence-electron chi connectivity index (χ4n) is 5.48. The van der Waals surface area contributed by atoms with E-state index in [0.29, 0.717) is 5.69 Å². The Morgan fingerprint density at radius 3 is 2.00 bits per heavy atom. The number of Topliss-reactive ketones (excluding diaryl/α,β-unsaturated/α-hetero) is 4. The Kier molecular flexibility index (Phi) is 6.95. The third-order valence-corrected chi connectivity index (χ3v) is 7.86. The summed E-state index contributed by atoms with van der Waals surface area (Å²) in [6.45, 7) is 3.03. The van der Waals surface area contributed by atoms with E-state index in [4.69, 9.17) is 0 Å². The molecule has 0 saturated heterocycles. The van der Waals surface area contributed by atoms with Crippen LogP contribution in [0.4, 0.5) is 18.9 Å². The third-order valence-electron chi connectivity index (χ3n) is 7.86. The summed E-state index contributed by atoms with van der Waals surface area (Å²) in [7, 11) is 0. The summed E-state index contributed by atoms with van der Waals surface area (Å²) < 4.78 is 42.2. The molecule has 0 fully saturated rings. The molecule has 0 bridgehead atoms. The van der Waals surface area contributed by atoms with Gasteiger partial charge in [0.2, 0.25) is 0 Å². The van der Waals surface area contributed by atoms with Crippen LogP contribution < -0.4 is 10.4 Å². The molecule has 2 heterocycles. The smallest absolute Gasteiger partial charge is 0.298 e. The first-order chi connectivity index (χ1) is 20.9. The lowest BCUT2D eigenvalue weighted by molar-refractivity contribution is -0.0888. The average Bonchev–Trinajstić information content (AvgIpc) is 3.02. The number of hydrazine groups is 1. The minimum Gasteiger partial charge on any atom is -0.298 e. The molecule has 3 aromatic rings. The number of fused-ring (bicyclic) bond motifs is 2. The van der Waals surface area contributed by atoms with Gasteiger partial charge < -0.3 is 0 Å². The van der Waals surface area contributed by atoms with Crippen LogP contribution in [0.15, 0.2) is 107 Å².